The number of hydrogen-bond acceptors (Lipinski definition) is 4. The molecule has 50 heavy (non-hydrogen) atoms. The van der Waals surface area contributed by atoms with Gasteiger partial charge in [0.2, 0.25) is 0 Å². The first-order valence-corrected chi connectivity index (χ1v) is 21.5. The number of fused-ring (bicyclic) bond motifs is 2. The second-order valence-electron chi connectivity index (χ2n) is 18.7. The summed E-state index contributed by atoms with van der Waals surface area (Å²) >= 11 is 0. The van der Waals surface area contributed by atoms with Crippen LogP contribution >= 0.6 is 0 Å². The number of rotatable bonds is 6. The molecule has 0 aromatic heterocycles. The van der Waals surface area contributed by atoms with E-state index in [0.717, 1.165) is 49.9 Å². The first-order chi connectivity index (χ1) is 24.3. The third-order valence-corrected chi connectivity index (χ3v) is 14.5. The summed E-state index contributed by atoms with van der Waals surface area (Å²) in [6.45, 7) is 19.3. The maximum absolute atomic E-state index is 3.61. The van der Waals surface area contributed by atoms with Crippen LogP contribution in [0.4, 0.5) is 11.4 Å². The van der Waals surface area contributed by atoms with E-state index in [1.54, 1.807) is 11.1 Å². The van der Waals surface area contributed by atoms with Gasteiger partial charge in [-0.1, -0.05) is 90.5 Å². The number of anilines is 2. The largest absolute Gasteiger partial charge is 0.385 e. The normalized spacial score (nSPS) is 26.4. The molecule has 0 amide bonds. The minimum Gasteiger partial charge on any atom is -0.385 e. The lowest BCUT2D eigenvalue weighted by Gasteiger charge is -2.36. The van der Waals surface area contributed by atoms with Crippen LogP contribution in [0.2, 0.25) is 0 Å². The van der Waals surface area contributed by atoms with Crippen molar-refractivity contribution in [3.05, 3.63) is 58.7 Å². The fraction of sp³-hybridized carbons (Fsp3) is 0.739. The summed E-state index contributed by atoms with van der Waals surface area (Å²) in [7, 11) is 0. The lowest BCUT2D eigenvalue weighted by atomic mass is 9.69. The SMILES string of the molecule is CC(C)C1CCNc2ccc(CN3CCC4(CCCCC4)C3)cc21.CC(C)C1CCNc2ccc(CN3CCCC4(CCCCC4)CC3)cc21. The van der Waals surface area contributed by atoms with Gasteiger partial charge in [0.1, 0.15) is 0 Å². The third-order valence-electron chi connectivity index (χ3n) is 14.5. The van der Waals surface area contributed by atoms with E-state index in [2.05, 4.69) is 84.5 Å². The fourth-order valence-corrected chi connectivity index (χ4v) is 11.4. The minimum atomic E-state index is 0.675. The van der Waals surface area contributed by atoms with Crippen molar-refractivity contribution in [2.24, 2.45) is 22.7 Å². The van der Waals surface area contributed by atoms with Crippen LogP contribution in [0.5, 0.6) is 0 Å². The van der Waals surface area contributed by atoms with Gasteiger partial charge in [-0.2, -0.15) is 0 Å². The Balaban J connectivity index is 0.000000157. The zero-order chi connectivity index (χ0) is 34.6. The highest BCUT2D eigenvalue weighted by atomic mass is 15.2. The zero-order valence-corrected chi connectivity index (χ0v) is 32.6. The molecule has 2 aliphatic carbocycles. The lowest BCUT2D eigenvalue weighted by Crippen LogP contribution is -2.29. The number of nitrogens with one attached hydrogen (secondary N) is 2. The maximum atomic E-state index is 3.61. The highest BCUT2D eigenvalue weighted by Crippen LogP contribution is 2.46. The lowest BCUT2D eigenvalue weighted by molar-refractivity contribution is 0.157. The summed E-state index contributed by atoms with van der Waals surface area (Å²) in [6.07, 6.45) is 23.1. The van der Waals surface area contributed by atoms with Gasteiger partial charge < -0.3 is 10.6 Å². The molecular weight excluding hydrogens is 609 g/mol. The van der Waals surface area contributed by atoms with Crippen LogP contribution in [0.25, 0.3) is 0 Å². The predicted octanol–water partition coefficient (Wildman–Crippen LogP) is 11.6. The van der Waals surface area contributed by atoms with Crippen LogP contribution in [-0.4, -0.2) is 49.1 Å². The van der Waals surface area contributed by atoms with Crippen LogP contribution in [-0.2, 0) is 13.1 Å². The van der Waals surface area contributed by atoms with E-state index in [1.165, 1.54) is 151 Å². The van der Waals surface area contributed by atoms with Gasteiger partial charge in [-0.3, -0.25) is 9.80 Å². The fourth-order valence-electron chi connectivity index (χ4n) is 11.4. The van der Waals surface area contributed by atoms with E-state index < -0.39 is 0 Å². The Morgan fingerprint density at radius 3 is 1.60 bits per heavy atom. The molecule has 8 rings (SSSR count). The zero-order valence-electron chi connectivity index (χ0n) is 32.6. The predicted molar refractivity (Wildman–Crippen MR) is 214 cm³/mol. The van der Waals surface area contributed by atoms with Crippen molar-refractivity contribution in [2.45, 2.75) is 155 Å². The smallest absolute Gasteiger partial charge is 0.0375 e. The number of nitrogens with zero attached hydrogens (tertiary/aromatic N) is 2. The molecule has 2 N–H and O–H groups in total. The van der Waals surface area contributed by atoms with Crippen molar-refractivity contribution in [3.8, 4) is 0 Å². The van der Waals surface area contributed by atoms with Crippen molar-refractivity contribution >= 4 is 11.4 Å². The highest BCUT2D eigenvalue weighted by Gasteiger charge is 2.39. The monoisotopic (exact) mass is 681 g/mol. The van der Waals surface area contributed by atoms with Crippen LogP contribution in [0.1, 0.15) is 165 Å². The maximum Gasteiger partial charge on any atom is 0.0375 e. The molecule has 4 heteroatoms. The Morgan fingerprint density at radius 1 is 0.560 bits per heavy atom. The van der Waals surface area contributed by atoms with Gasteiger partial charge in [-0.05, 0) is 153 Å². The third kappa shape index (κ3) is 8.60. The molecule has 4 nitrogen and oxygen atoms in total. The Labute approximate surface area is 306 Å². The van der Waals surface area contributed by atoms with Gasteiger partial charge in [0.25, 0.3) is 0 Å². The Morgan fingerprint density at radius 2 is 1.04 bits per heavy atom. The van der Waals surface area contributed by atoms with Crippen LogP contribution in [0.3, 0.4) is 0 Å². The van der Waals surface area contributed by atoms with Gasteiger partial charge in [0.05, 0.1) is 0 Å². The van der Waals surface area contributed by atoms with E-state index in [0.29, 0.717) is 10.8 Å². The molecule has 0 bridgehead atoms. The Bertz CT molecular complexity index is 1380. The number of likely N-dealkylation sites (tertiary alicyclic amines) is 2. The summed E-state index contributed by atoms with van der Waals surface area (Å²) in [4.78, 5) is 5.47. The molecule has 276 valence electrons. The summed E-state index contributed by atoms with van der Waals surface area (Å²) in [6, 6.07) is 14.5. The van der Waals surface area contributed by atoms with Crippen molar-refractivity contribution < 1.29 is 0 Å². The quantitative estimate of drug-likeness (QED) is 0.318. The molecule has 2 atom stereocenters. The first-order valence-electron chi connectivity index (χ1n) is 21.5. The summed E-state index contributed by atoms with van der Waals surface area (Å²) < 4.78 is 0. The molecule has 2 aromatic carbocycles. The van der Waals surface area contributed by atoms with Gasteiger partial charge in [0.15, 0.2) is 0 Å². The molecule has 2 saturated heterocycles. The molecule has 4 aliphatic heterocycles. The molecular formula is C46H72N4. The number of benzene rings is 2. The van der Waals surface area contributed by atoms with E-state index in [1.807, 2.05) is 0 Å². The molecule has 4 heterocycles. The van der Waals surface area contributed by atoms with Gasteiger partial charge in [-0.25, -0.2) is 0 Å². The molecule has 0 radical (unpaired) electrons. The highest BCUT2D eigenvalue weighted by molar-refractivity contribution is 5.57. The van der Waals surface area contributed by atoms with Gasteiger partial charge >= 0.3 is 0 Å². The van der Waals surface area contributed by atoms with E-state index >= 15 is 0 Å². The Kier molecular flexibility index (Phi) is 11.9. The van der Waals surface area contributed by atoms with Gasteiger partial charge in [-0.15, -0.1) is 0 Å². The summed E-state index contributed by atoms with van der Waals surface area (Å²) in [5.41, 5.74) is 10.3. The van der Waals surface area contributed by atoms with Crippen molar-refractivity contribution in [2.75, 3.05) is 49.9 Å². The molecule has 2 saturated carbocycles. The molecule has 2 spiro atoms. The average molecular weight is 681 g/mol. The number of hydrogen-bond donors (Lipinski definition) is 2. The molecule has 4 fully saturated rings. The van der Waals surface area contributed by atoms with Gasteiger partial charge in [0, 0.05) is 44.1 Å². The summed E-state index contributed by atoms with van der Waals surface area (Å²) in [5.74, 6) is 2.92. The second kappa shape index (κ2) is 16.3. The van der Waals surface area contributed by atoms with Crippen LogP contribution < -0.4 is 10.6 Å². The summed E-state index contributed by atoms with van der Waals surface area (Å²) in [5, 5.41) is 7.21. The second-order valence-corrected chi connectivity index (χ2v) is 18.7. The molecule has 2 unspecified atom stereocenters. The average Bonchev–Trinajstić information content (AvgIpc) is 3.40. The standard InChI is InChI=1S/C24H38N2.C22H34N2/c1-19(2)21-9-14-25-23-8-7-20(17-22(21)23)18-26-15-6-12-24(13-16-26)10-4-3-5-11-24;1-17(2)19-8-12-23-21-7-6-18(14-20(19)21)15-24-13-11-22(16-24)9-4-3-5-10-22/h7-8,17,19,21,25H,3-6,9-16,18H2,1-2H3;6-7,14,17,19,23H,3-5,8-13,15-16H2,1-2H3. The molecule has 2 aromatic rings. The van der Waals surface area contributed by atoms with Crippen molar-refractivity contribution in [1.29, 1.82) is 0 Å². The Hall–Kier alpha value is -2.04. The van der Waals surface area contributed by atoms with Crippen molar-refractivity contribution in [1.82, 2.24) is 9.80 Å². The van der Waals surface area contributed by atoms with E-state index in [9.17, 15) is 0 Å². The van der Waals surface area contributed by atoms with Crippen LogP contribution in [0.15, 0.2) is 36.4 Å². The minimum absolute atomic E-state index is 0.675. The molecule has 6 aliphatic rings. The van der Waals surface area contributed by atoms with E-state index in [4.69, 9.17) is 0 Å². The van der Waals surface area contributed by atoms with Crippen molar-refractivity contribution in [3.63, 3.8) is 0 Å². The van der Waals surface area contributed by atoms with Crippen LogP contribution in [0, 0.1) is 22.7 Å². The topological polar surface area (TPSA) is 30.5 Å². The van der Waals surface area contributed by atoms with E-state index in [-0.39, 0.29) is 0 Å². The first kappa shape index (κ1) is 36.3.